The number of nitrogens with zero attached hydrogens (tertiary/aromatic N) is 2. The van der Waals surface area contributed by atoms with Gasteiger partial charge in [0.2, 0.25) is 0 Å². The largest absolute Gasteiger partial charge is 0.456 e. The van der Waals surface area contributed by atoms with Gasteiger partial charge < -0.3 is 13.9 Å². The molecule has 2 aromatic heterocycles. The first-order valence-corrected chi connectivity index (χ1v) is 19.4. The quantitative estimate of drug-likeness (QED) is 0.163. The summed E-state index contributed by atoms with van der Waals surface area (Å²) in [4.78, 5) is 2.38. The molecule has 11 rings (SSSR count). The molecular weight excluding hydrogens is 693 g/mol. The maximum Gasteiger partial charge on any atom is 0.137 e. The Balaban J connectivity index is 1.000. The zero-order valence-corrected chi connectivity index (χ0v) is 31.1. The van der Waals surface area contributed by atoms with E-state index >= 15 is 0 Å². The van der Waals surface area contributed by atoms with Crippen molar-refractivity contribution in [2.45, 2.75) is 0 Å². The third-order valence-electron chi connectivity index (χ3n) is 11.2. The Morgan fingerprint density at radius 3 is 1.58 bits per heavy atom. The molecule has 0 bridgehead atoms. The number of anilines is 3. The number of furan rings is 1. The minimum atomic E-state index is 0.868. The van der Waals surface area contributed by atoms with Gasteiger partial charge in [-0.3, -0.25) is 0 Å². The first-order chi connectivity index (χ1) is 28.3. The fourth-order valence-electron chi connectivity index (χ4n) is 8.62. The van der Waals surface area contributed by atoms with Crippen LogP contribution < -0.4 is 4.90 Å². The normalized spacial score (nSPS) is 11.5. The molecule has 3 heteroatoms. The monoisotopic (exact) mass is 728 g/mol. The number of hydrogen-bond donors (Lipinski definition) is 0. The molecule has 2 heterocycles. The fraction of sp³-hybridized carbons (Fsp3) is 0. The van der Waals surface area contributed by atoms with E-state index in [-0.39, 0.29) is 0 Å². The van der Waals surface area contributed by atoms with Gasteiger partial charge in [0.15, 0.2) is 0 Å². The molecule has 11 aromatic rings. The Hall–Kier alpha value is -7.62. The first kappa shape index (κ1) is 32.8. The van der Waals surface area contributed by atoms with Gasteiger partial charge in [-0.1, -0.05) is 164 Å². The summed E-state index contributed by atoms with van der Waals surface area (Å²) in [6, 6.07) is 78.0. The number of aromatic nitrogens is 1. The molecule has 0 aliphatic heterocycles. The zero-order valence-electron chi connectivity index (χ0n) is 31.1. The van der Waals surface area contributed by atoms with Crippen LogP contribution in [-0.4, -0.2) is 4.57 Å². The van der Waals surface area contributed by atoms with Gasteiger partial charge in [0.25, 0.3) is 0 Å². The Kier molecular flexibility index (Phi) is 7.82. The summed E-state index contributed by atoms with van der Waals surface area (Å²) in [6.45, 7) is 0. The summed E-state index contributed by atoms with van der Waals surface area (Å²) in [6.07, 6.45) is 0. The predicted molar refractivity (Wildman–Crippen MR) is 239 cm³/mol. The van der Waals surface area contributed by atoms with Crippen LogP contribution in [0.4, 0.5) is 17.1 Å². The van der Waals surface area contributed by atoms with Crippen LogP contribution in [0, 0.1) is 0 Å². The van der Waals surface area contributed by atoms with E-state index in [9.17, 15) is 0 Å². The molecule has 57 heavy (non-hydrogen) atoms. The van der Waals surface area contributed by atoms with E-state index in [2.05, 4.69) is 216 Å². The van der Waals surface area contributed by atoms with Gasteiger partial charge in [0.1, 0.15) is 11.2 Å². The summed E-state index contributed by atoms with van der Waals surface area (Å²) < 4.78 is 8.79. The highest BCUT2D eigenvalue weighted by Gasteiger charge is 2.22. The standard InChI is InChI=1S/C54H36N2O/c1-2-15-39(16-3-1)42-17-4-9-22-47(42)55(51-26-14-28-53-54(51)46-21-8-13-27-52(46)57-53)41-35-33-38(34-36-41)37-29-31-40(32-30-37)43-18-5-10-23-48(43)56-49-24-11-6-19-44(49)45-20-7-12-25-50(45)56/h1-36H. The zero-order chi connectivity index (χ0) is 37.7. The molecule has 0 aliphatic carbocycles. The van der Waals surface area contributed by atoms with Crippen LogP contribution in [0.1, 0.15) is 0 Å². The van der Waals surface area contributed by atoms with Crippen molar-refractivity contribution in [2.75, 3.05) is 4.90 Å². The fourth-order valence-corrected chi connectivity index (χ4v) is 8.62. The van der Waals surface area contributed by atoms with Gasteiger partial charge in [-0.2, -0.15) is 0 Å². The summed E-state index contributed by atoms with van der Waals surface area (Å²) >= 11 is 0. The highest BCUT2D eigenvalue weighted by molar-refractivity contribution is 6.14. The summed E-state index contributed by atoms with van der Waals surface area (Å²) in [5.41, 5.74) is 15.6. The lowest BCUT2D eigenvalue weighted by atomic mass is 9.98. The maximum absolute atomic E-state index is 6.39. The number of benzene rings is 9. The van der Waals surface area contributed by atoms with Crippen molar-refractivity contribution in [3.8, 4) is 39.1 Å². The molecule has 0 amide bonds. The van der Waals surface area contributed by atoms with Crippen molar-refractivity contribution in [1.82, 2.24) is 4.57 Å². The van der Waals surface area contributed by atoms with Crippen LogP contribution in [0.25, 0.3) is 82.8 Å². The molecule has 0 radical (unpaired) electrons. The lowest BCUT2D eigenvalue weighted by molar-refractivity contribution is 0.669. The minimum absolute atomic E-state index is 0.868. The molecule has 0 aliphatic rings. The van der Waals surface area contributed by atoms with E-state index in [0.29, 0.717) is 0 Å². The van der Waals surface area contributed by atoms with E-state index in [1.165, 1.54) is 49.7 Å². The lowest BCUT2D eigenvalue weighted by Gasteiger charge is -2.28. The molecule has 9 aromatic carbocycles. The van der Waals surface area contributed by atoms with E-state index < -0.39 is 0 Å². The molecule has 3 nitrogen and oxygen atoms in total. The van der Waals surface area contributed by atoms with Gasteiger partial charge in [0, 0.05) is 33.0 Å². The summed E-state index contributed by atoms with van der Waals surface area (Å²) in [5, 5.41) is 4.72. The average Bonchev–Trinajstić information content (AvgIpc) is 3.84. The van der Waals surface area contributed by atoms with Crippen molar-refractivity contribution in [2.24, 2.45) is 0 Å². The second-order valence-corrected chi connectivity index (χ2v) is 14.5. The smallest absolute Gasteiger partial charge is 0.137 e. The van der Waals surface area contributed by atoms with Crippen molar-refractivity contribution in [3.63, 3.8) is 0 Å². The van der Waals surface area contributed by atoms with Gasteiger partial charge >= 0.3 is 0 Å². The van der Waals surface area contributed by atoms with Gasteiger partial charge in [0.05, 0.1) is 33.5 Å². The Labute approximate surface area is 330 Å². The van der Waals surface area contributed by atoms with Crippen molar-refractivity contribution in [1.29, 1.82) is 0 Å². The van der Waals surface area contributed by atoms with Crippen LogP contribution in [0.3, 0.4) is 0 Å². The number of rotatable bonds is 7. The first-order valence-electron chi connectivity index (χ1n) is 19.4. The van der Waals surface area contributed by atoms with Crippen molar-refractivity contribution >= 4 is 60.8 Å². The highest BCUT2D eigenvalue weighted by Crippen LogP contribution is 2.46. The molecular formula is C54H36N2O. The molecule has 0 unspecified atom stereocenters. The second-order valence-electron chi connectivity index (χ2n) is 14.5. The molecule has 0 saturated heterocycles. The topological polar surface area (TPSA) is 21.3 Å². The van der Waals surface area contributed by atoms with Gasteiger partial charge in [-0.05, 0) is 76.9 Å². The van der Waals surface area contributed by atoms with E-state index in [0.717, 1.165) is 50.1 Å². The van der Waals surface area contributed by atoms with E-state index in [1.54, 1.807) is 0 Å². The predicted octanol–water partition coefficient (Wildman–Crippen LogP) is 15.2. The average molecular weight is 729 g/mol. The van der Waals surface area contributed by atoms with Crippen LogP contribution >= 0.6 is 0 Å². The van der Waals surface area contributed by atoms with E-state index in [4.69, 9.17) is 4.42 Å². The van der Waals surface area contributed by atoms with E-state index in [1.807, 2.05) is 12.1 Å². The van der Waals surface area contributed by atoms with Gasteiger partial charge in [-0.25, -0.2) is 0 Å². The van der Waals surface area contributed by atoms with Crippen LogP contribution in [0.2, 0.25) is 0 Å². The van der Waals surface area contributed by atoms with Crippen LogP contribution in [-0.2, 0) is 0 Å². The Bertz CT molecular complexity index is 3170. The lowest BCUT2D eigenvalue weighted by Crippen LogP contribution is -2.11. The maximum atomic E-state index is 6.39. The third-order valence-corrected chi connectivity index (χ3v) is 11.2. The minimum Gasteiger partial charge on any atom is -0.456 e. The number of para-hydroxylation sites is 5. The summed E-state index contributed by atoms with van der Waals surface area (Å²) in [7, 11) is 0. The SMILES string of the molecule is c1ccc(-c2ccccc2N(c2ccc(-c3ccc(-c4ccccc4-n4c5ccccc5c5ccccc54)cc3)cc2)c2cccc3oc4ccccc4c23)cc1. The number of fused-ring (bicyclic) bond motifs is 6. The Morgan fingerprint density at radius 2 is 0.842 bits per heavy atom. The van der Waals surface area contributed by atoms with Crippen LogP contribution in [0.5, 0.6) is 0 Å². The molecule has 0 fully saturated rings. The highest BCUT2D eigenvalue weighted by atomic mass is 16.3. The molecule has 0 N–H and O–H groups in total. The van der Waals surface area contributed by atoms with Crippen molar-refractivity contribution in [3.05, 3.63) is 218 Å². The van der Waals surface area contributed by atoms with Crippen molar-refractivity contribution < 1.29 is 4.42 Å². The van der Waals surface area contributed by atoms with Gasteiger partial charge in [-0.15, -0.1) is 0 Å². The molecule has 0 spiro atoms. The Morgan fingerprint density at radius 1 is 0.333 bits per heavy atom. The van der Waals surface area contributed by atoms with Crippen LogP contribution in [0.15, 0.2) is 223 Å². The summed E-state index contributed by atoms with van der Waals surface area (Å²) in [5.74, 6) is 0. The number of hydrogen-bond acceptors (Lipinski definition) is 2. The third kappa shape index (κ3) is 5.51. The molecule has 0 atom stereocenters. The molecule has 268 valence electrons. The second kappa shape index (κ2) is 13.6. The molecule has 0 saturated carbocycles.